The van der Waals surface area contributed by atoms with Crippen molar-refractivity contribution in [2.75, 3.05) is 5.73 Å². The van der Waals surface area contributed by atoms with Gasteiger partial charge in [-0.25, -0.2) is 4.79 Å². The van der Waals surface area contributed by atoms with Gasteiger partial charge in [0, 0.05) is 11.3 Å². The van der Waals surface area contributed by atoms with Crippen LogP contribution >= 0.6 is 0 Å². The maximum atomic E-state index is 11.3. The first-order valence-corrected chi connectivity index (χ1v) is 5.68. The molecule has 4 N–H and O–H groups in total. The predicted octanol–water partition coefficient (Wildman–Crippen LogP) is 0.637. The van der Waals surface area contributed by atoms with Crippen LogP contribution in [0.25, 0.3) is 0 Å². The second-order valence-electron chi connectivity index (χ2n) is 4.37. The van der Waals surface area contributed by atoms with Crippen LogP contribution in [0.1, 0.15) is 42.9 Å². The lowest BCUT2D eigenvalue weighted by atomic mass is 9.97. The summed E-state index contributed by atoms with van der Waals surface area (Å²) in [6.45, 7) is 0. The van der Waals surface area contributed by atoms with E-state index in [9.17, 15) is 9.59 Å². The number of rotatable bonds is 3. The van der Waals surface area contributed by atoms with Gasteiger partial charge in [0.15, 0.2) is 0 Å². The molecule has 6 heteroatoms. The summed E-state index contributed by atoms with van der Waals surface area (Å²) < 4.78 is 0. The Morgan fingerprint density at radius 3 is 2.71 bits per heavy atom. The van der Waals surface area contributed by atoms with Crippen LogP contribution in [0.3, 0.4) is 0 Å². The third-order valence-corrected chi connectivity index (χ3v) is 3.19. The number of carbonyl (C=O) groups is 1. The quantitative estimate of drug-likeness (QED) is 0.714. The Kier molecular flexibility index (Phi) is 3.12. The highest BCUT2D eigenvalue weighted by Gasteiger charge is 2.23. The first kappa shape index (κ1) is 11.6. The molecule has 0 aliphatic heterocycles. The van der Waals surface area contributed by atoms with E-state index in [0.717, 1.165) is 25.7 Å². The summed E-state index contributed by atoms with van der Waals surface area (Å²) in [4.78, 5) is 28.3. The van der Waals surface area contributed by atoms with Crippen molar-refractivity contribution in [3.8, 4) is 0 Å². The SMILES string of the molecule is Nc1nc(=O)[nH]c(C2CCCC2)c1CC(=O)O. The molecule has 0 amide bonds. The van der Waals surface area contributed by atoms with Gasteiger partial charge in [0.2, 0.25) is 0 Å². The molecular weight excluding hydrogens is 222 g/mol. The number of carboxylic acid groups (broad SMARTS) is 1. The Labute approximate surface area is 97.9 Å². The van der Waals surface area contributed by atoms with E-state index in [1.165, 1.54) is 0 Å². The van der Waals surface area contributed by atoms with Crippen LogP contribution in [0.2, 0.25) is 0 Å². The van der Waals surface area contributed by atoms with Crippen molar-refractivity contribution in [2.24, 2.45) is 0 Å². The number of hydrogen-bond donors (Lipinski definition) is 3. The monoisotopic (exact) mass is 237 g/mol. The molecule has 92 valence electrons. The van der Waals surface area contributed by atoms with Crippen LogP contribution in [0.5, 0.6) is 0 Å². The van der Waals surface area contributed by atoms with Crippen LogP contribution in [0.4, 0.5) is 5.82 Å². The number of nitrogens with zero attached hydrogens (tertiary/aromatic N) is 1. The molecule has 1 aromatic heterocycles. The summed E-state index contributed by atoms with van der Waals surface area (Å²) in [5.74, 6) is -0.717. The zero-order chi connectivity index (χ0) is 12.4. The Balaban J connectivity index is 2.46. The van der Waals surface area contributed by atoms with E-state index >= 15 is 0 Å². The number of carboxylic acids is 1. The predicted molar refractivity (Wildman–Crippen MR) is 61.8 cm³/mol. The minimum atomic E-state index is -0.968. The largest absolute Gasteiger partial charge is 0.481 e. The lowest BCUT2D eigenvalue weighted by Gasteiger charge is -2.14. The lowest BCUT2D eigenvalue weighted by Crippen LogP contribution is -2.21. The van der Waals surface area contributed by atoms with Crippen molar-refractivity contribution in [1.82, 2.24) is 9.97 Å². The number of anilines is 1. The number of H-pyrrole nitrogens is 1. The van der Waals surface area contributed by atoms with Gasteiger partial charge in [0.1, 0.15) is 5.82 Å². The van der Waals surface area contributed by atoms with E-state index in [1.807, 2.05) is 0 Å². The van der Waals surface area contributed by atoms with E-state index in [1.54, 1.807) is 0 Å². The van der Waals surface area contributed by atoms with Gasteiger partial charge in [-0.15, -0.1) is 0 Å². The number of aromatic nitrogens is 2. The Morgan fingerprint density at radius 2 is 2.12 bits per heavy atom. The molecular formula is C11H15N3O3. The molecule has 17 heavy (non-hydrogen) atoms. The van der Waals surface area contributed by atoms with Crippen molar-refractivity contribution in [2.45, 2.75) is 38.0 Å². The molecule has 1 aliphatic carbocycles. The minimum Gasteiger partial charge on any atom is -0.481 e. The van der Waals surface area contributed by atoms with Gasteiger partial charge in [-0.1, -0.05) is 12.8 Å². The molecule has 0 bridgehead atoms. The van der Waals surface area contributed by atoms with Crippen molar-refractivity contribution in [1.29, 1.82) is 0 Å². The van der Waals surface area contributed by atoms with Gasteiger partial charge in [0.05, 0.1) is 6.42 Å². The Morgan fingerprint density at radius 1 is 1.47 bits per heavy atom. The lowest BCUT2D eigenvalue weighted by molar-refractivity contribution is -0.136. The molecule has 0 saturated heterocycles. The number of aromatic amines is 1. The van der Waals surface area contributed by atoms with Crippen LogP contribution in [0, 0.1) is 0 Å². The molecule has 1 fully saturated rings. The molecule has 1 aromatic rings. The topological polar surface area (TPSA) is 109 Å². The average Bonchev–Trinajstić information content (AvgIpc) is 2.74. The highest BCUT2D eigenvalue weighted by Crippen LogP contribution is 2.35. The summed E-state index contributed by atoms with van der Waals surface area (Å²) >= 11 is 0. The van der Waals surface area contributed by atoms with Crippen molar-refractivity contribution >= 4 is 11.8 Å². The molecule has 0 spiro atoms. The normalized spacial score (nSPS) is 16.2. The number of nitrogens with two attached hydrogens (primary N) is 1. The van der Waals surface area contributed by atoms with E-state index in [-0.39, 0.29) is 18.2 Å². The fourth-order valence-electron chi connectivity index (χ4n) is 2.43. The summed E-state index contributed by atoms with van der Waals surface area (Å²) in [5, 5.41) is 8.85. The maximum absolute atomic E-state index is 11.3. The zero-order valence-corrected chi connectivity index (χ0v) is 9.40. The molecule has 1 heterocycles. The molecule has 2 rings (SSSR count). The second kappa shape index (κ2) is 4.57. The highest BCUT2D eigenvalue weighted by atomic mass is 16.4. The standard InChI is InChI=1S/C11H15N3O3/c12-10-7(5-8(15)16)9(13-11(17)14-10)6-3-1-2-4-6/h6H,1-5H2,(H,15,16)(H3,12,13,14,17). The molecule has 0 radical (unpaired) electrons. The summed E-state index contributed by atoms with van der Waals surface area (Å²) in [6.07, 6.45) is 3.93. The number of aliphatic carboxylic acids is 1. The average molecular weight is 237 g/mol. The minimum absolute atomic E-state index is 0.0399. The zero-order valence-electron chi connectivity index (χ0n) is 9.40. The molecule has 1 aliphatic rings. The van der Waals surface area contributed by atoms with E-state index < -0.39 is 11.7 Å². The van der Waals surface area contributed by atoms with Gasteiger partial charge in [-0.2, -0.15) is 4.98 Å². The van der Waals surface area contributed by atoms with Gasteiger partial charge >= 0.3 is 11.7 Å². The van der Waals surface area contributed by atoms with E-state index in [4.69, 9.17) is 10.8 Å². The molecule has 6 nitrogen and oxygen atoms in total. The fraction of sp³-hybridized carbons (Fsp3) is 0.545. The fourth-order valence-corrected chi connectivity index (χ4v) is 2.43. The van der Waals surface area contributed by atoms with E-state index in [2.05, 4.69) is 9.97 Å². The Bertz CT molecular complexity index is 489. The Hall–Kier alpha value is -1.85. The van der Waals surface area contributed by atoms with Crippen molar-refractivity contribution in [3.05, 3.63) is 21.7 Å². The van der Waals surface area contributed by atoms with Crippen LogP contribution in [0.15, 0.2) is 4.79 Å². The third kappa shape index (κ3) is 2.46. The van der Waals surface area contributed by atoms with E-state index in [0.29, 0.717) is 11.3 Å². The summed E-state index contributed by atoms with van der Waals surface area (Å²) in [5.41, 5.74) is 6.27. The van der Waals surface area contributed by atoms with Crippen LogP contribution in [-0.4, -0.2) is 21.0 Å². The molecule has 1 saturated carbocycles. The summed E-state index contributed by atoms with van der Waals surface area (Å²) in [7, 11) is 0. The molecule has 0 aromatic carbocycles. The van der Waals surface area contributed by atoms with Crippen LogP contribution < -0.4 is 11.4 Å². The van der Waals surface area contributed by atoms with Gasteiger partial charge in [-0.3, -0.25) is 4.79 Å². The number of nitrogen functional groups attached to an aromatic ring is 1. The number of hydrogen-bond acceptors (Lipinski definition) is 4. The maximum Gasteiger partial charge on any atom is 0.347 e. The van der Waals surface area contributed by atoms with Gasteiger partial charge < -0.3 is 15.8 Å². The molecule has 0 unspecified atom stereocenters. The second-order valence-corrected chi connectivity index (χ2v) is 4.37. The van der Waals surface area contributed by atoms with Crippen molar-refractivity contribution < 1.29 is 9.90 Å². The first-order valence-electron chi connectivity index (χ1n) is 5.68. The first-order chi connectivity index (χ1) is 8.08. The van der Waals surface area contributed by atoms with Gasteiger partial charge in [-0.05, 0) is 18.8 Å². The van der Waals surface area contributed by atoms with Crippen LogP contribution in [-0.2, 0) is 11.2 Å². The van der Waals surface area contributed by atoms with Gasteiger partial charge in [0.25, 0.3) is 0 Å². The molecule has 0 atom stereocenters. The highest BCUT2D eigenvalue weighted by molar-refractivity contribution is 5.72. The third-order valence-electron chi connectivity index (χ3n) is 3.19. The smallest absolute Gasteiger partial charge is 0.347 e. The summed E-state index contributed by atoms with van der Waals surface area (Å²) in [6, 6.07) is 0. The van der Waals surface area contributed by atoms with Crippen molar-refractivity contribution in [3.63, 3.8) is 0 Å². The number of nitrogens with one attached hydrogen (secondary N) is 1.